The predicted molar refractivity (Wildman–Crippen MR) is 76.5 cm³/mol. The molecule has 1 aromatic carbocycles. The number of nitro groups is 1. The number of amides is 1. The average Bonchev–Trinajstić information content (AvgIpc) is 2.73. The molecule has 1 fully saturated rings. The molecule has 2 rings (SSSR count). The Kier molecular flexibility index (Phi) is 3.91. The number of rotatable bonds is 3. The van der Waals surface area contributed by atoms with Crippen LogP contribution in [0.4, 0.5) is 11.4 Å². The zero-order chi connectivity index (χ0) is 14.2. The summed E-state index contributed by atoms with van der Waals surface area (Å²) in [5.74, 6) is -0.152. The van der Waals surface area contributed by atoms with Crippen LogP contribution in [0.2, 0.25) is 5.02 Å². The van der Waals surface area contributed by atoms with Crippen molar-refractivity contribution in [2.75, 3.05) is 11.4 Å². The topological polar surface area (TPSA) is 63.5 Å². The first kappa shape index (κ1) is 14.0. The van der Waals surface area contributed by atoms with Crippen molar-refractivity contribution in [2.45, 2.75) is 6.42 Å². The third kappa shape index (κ3) is 2.64. The number of carbonyl (C=O) groups excluding carboxylic acids is 1. The fourth-order valence-electron chi connectivity index (χ4n) is 2.01. The third-order valence-electron chi connectivity index (χ3n) is 2.99. The number of nitrogens with zero attached hydrogens (tertiary/aromatic N) is 2. The van der Waals surface area contributed by atoms with Crippen molar-refractivity contribution in [3.05, 3.63) is 44.4 Å². The largest absolute Gasteiger partial charge is 0.306 e. The normalized spacial score (nSPS) is 18.7. The molecule has 0 bridgehead atoms. The van der Waals surface area contributed by atoms with Gasteiger partial charge in [-0.25, -0.2) is 0 Å². The molecule has 0 spiro atoms. The van der Waals surface area contributed by atoms with Gasteiger partial charge in [0.25, 0.3) is 5.69 Å². The second-order valence-electron chi connectivity index (χ2n) is 4.22. The van der Waals surface area contributed by atoms with Crippen molar-refractivity contribution in [1.82, 2.24) is 0 Å². The highest BCUT2D eigenvalue weighted by atomic mass is 79.9. The summed E-state index contributed by atoms with van der Waals surface area (Å²) in [5.41, 5.74) is 0.0851. The molecule has 1 heterocycles. The molecule has 0 N–H and O–H groups in total. The lowest BCUT2D eigenvalue weighted by Gasteiger charge is -2.17. The Morgan fingerprint density at radius 3 is 2.79 bits per heavy atom. The number of hydrogen-bond donors (Lipinski definition) is 0. The standard InChI is InChI=1S/C12H10BrClN2O3/c1-2-7-3-12(17)15(6-7)10-5-9(14)8(13)4-11(10)16(18)19/h2,4-5,7H,1,3,6H2. The molecular formula is C12H10BrClN2O3. The molecule has 1 aliphatic heterocycles. The highest BCUT2D eigenvalue weighted by molar-refractivity contribution is 9.10. The lowest BCUT2D eigenvalue weighted by molar-refractivity contribution is -0.384. The van der Waals surface area contributed by atoms with E-state index < -0.39 is 4.92 Å². The molecule has 7 heteroatoms. The quantitative estimate of drug-likeness (QED) is 0.478. The van der Waals surface area contributed by atoms with Gasteiger partial charge in [-0.3, -0.25) is 14.9 Å². The van der Waals surface area contributed by atoms with E-state index in [0.29, 0.717) is 22.5 Å². The van der Waals surface area contributed by atoms with Crippen LogP contribution >= 0.6 is 27.5 Å². The molecule has 1 aromatic rings. The molecular weight excluding hydrogens is 336 g/mol. The smallest absolute Gasteiger partial charge is 0.294 e. The lowest BCUT2D eigenvalue weighted by atomic mass is 10.1. The number of hydrogen-bond acceptors (Lipinski definition) is 3. The van der Waals surface area contributed by atoms with Crippen LogP contribution in [0.5, 0.6) is 0 Å². The Bertz CT molecular complexity index is 576. The Morgan fingerprint density at radius 2 is 2.26 bits per heavy atom. The highest BCUT2D eigenvalue weighted by Crippen LogP contribution is 2.38. The number of anilines is 1. The first-order chi connectivity index (χ1) is 8.93. The van der Waals surface area contributed by atoms with Gasteiger partial charge in [-0.1, -0.05) is 17.7 Å². The summed E-state index contributed by atoms with van der Waals surface area (Å²) in [6, 6.07) is 2.75. The van der Waals surface area contributed by atoms with Crippen LogP contribution < -0.4 is 4.90 Å². The van der Waals surface area contributed by atoms with Gasteiger partial charge >= 0.3 is 0 Å². The molecule has 5 nitrogen and oxygen atoms in total. The van der Waals surface area contributed by atoms with E-state index in [9.17, 15) is 14.9 Å². The van der Waals surface area contributed by atoms with E-state index in [4.69, 9.17) is 11.6 Å². The van der Waals surface area contributed by atoms with Crippen molar-refractivity contribution in [2.24, 2.45) is 5.92 Å². The molecule has 100 valence electrons. The van der Waals surface area contributed by atoms with Gasteiger partial charge < -0.3 is 4.90 Å². The van der Waals surface area contributed by atoms with E-state index in [1.165, 1.54) is 17.0 Å². The van der Waals surface area contributed by atoms with Crippen LogP contribution in [-0.2, 0) is 4.79 Å². The van der Waals surface area contributed by atoms with Gasteiger partial charge in [0.2, 0.25) is 5.91 Å². The van der Waals surface area contributed by atoms with E-state index in [1.807, 2.05) is 0 Å². The minimum absolute atomic E-state index is 0.00882. The van der Waals surface area contributed by atoms with Gasteiger partial charge in [-0.05, 0) is 22.0 Å². The Morgan fingerprint density at radius 1 is 1.58 bits per heavy atom. The van der Waals surface area contributed by atoms with Crippen molar-refractivity contribution in [3.63, 3.8) is 0 Å². The van der Waals surface area contributed by atoms with Gasteiger partial charge in [-0.2, -0.15) is 0 Å². The summed E-state index contributed by atoms with van der Waals surface area (Å²) in [6.45, 7) is 4.04. The van der Waals surface area contributed by atoms with Gasteiger partial charge in [0.15, 0.2) is 0 Å². The Hall–Kier alpha value is -1.40. The van der Waals surface area contributed by atoms with Crippen molar-refractivity contribution < 1.29 is 9.72 Å². The summed E-state index contributed by atoms with van der Waals surface area (Å²) >= 11 is 9.10. The van der Waals surface area contributed by atoms with Crippen LogP contribution in [0.15, 0.2) is 29.3 Å². The Balaban J connectivity index is 2.50. The van der Waals surface area contributed by atoms with Gasteiger partial charge in [0.05, 0.1) is 9.95 Å². The van der Waals surface area contributed by atoms with Crippen LogP contribution in [0.3, 0.4) is 0 Å². The van der Waals surface area contributed by atoms with Crippen molar-refractivity contribution in [1.29, 1.82) is 0 Å². The number of carbonyl (C=O) groups is 1. The zero-order valence-corrected chi connectivity index (χ0v) is 12.1. The maximum atomic E-state index is 11.9. The summed E-state index contributed by atoms with van der Waals surface area (Å²) in [5, 5.41) is 11.4. The van der Waals surface area contributed by atoms with E-state index in [2.05, 4.69) is 22.5 Å². The first-order valence-corrected chi connectivity index (χ1v) is 6.67. The summed E-state index contributed by atoms with van der Waals surface area (Å²) in [7, 11) is 0. The SMILES string of the molecule is C=CC1CC(=O)N(c2cc(Cl)c(Br)cc2[N+](=O)[O-])C1. The Labute approximate surface area is 123 Å². The van der Waals surface area contributed by atoms with Crippen LogP contribution in [0.25, 0.3) is 0 Å². The average molecular weight is 346 g/mol. The number of benzene rings is 1. The molecule has 1 aliphatic rings. The van der Waals surface area contributed by atoms with Gasteiger partial charge in [-0.15, -0.1) is 6.58 Å². The second-order valence-corrected chi connectivity index (χ2v) is 5.48. The number of halogens is 2. The van der Waals surface area contributed by atoms with E-state index >= 15 is 0 Å². The maximum Gasteiger partial charge on any atom is 0.294 e. The first-order valence-electron chi connectivity index (χ1n) is 5.50. The fraction of sp³-hybridized carbons (Fsp3) is 0.250. The van der Waals surface area contributed by atoms with E-state index in [1.54, 1.807) is 6.08 Å². The molecule has 0 radical (unpaired) electrons. The lowest BCUT2D eigenvalue weighted by Crippen LogP contribution is -2.25. The van der Waals surface area contributed by atoms with Crippen LogP contribution in [0.1, 0.15) is 6.42 Å². The van der Waals surface area contributed by atoms with Gasteiger partial charge in [0, 0.05) is 29.4 Å². The van der Waals surface area contributed by atoms with Crippen LogP contribution in [-0.4, -0.2) is 17.4 Å². The molecule has 19 heavy (non-hydrogen) atoms. The predicted octanol–water partition coefficient (Wildman–Crippen LogP) is 3.55. The van der Waals surface area contributed by atoms with E-state index in [-0.39, 0.29) is 23.2 Å². The maximum absolute atomic E-state index is 11.9. The summed E-state index contributed by atoms with van der Waals surface area (Å²) in [6.07, 6.45) is 2.00. The highest BCUT2D eigenvalue weighted by Gasteiger charge is 2.33. The number of nitro benzene ring substituents is 1. The van der Waals surface area contributed by atoms with Crippen molar-refractivity contribution in [3.8, 4) is 0 Å². The molecule has 0 aliphatic carbocycles. The molecule has 1 atom stereocenters. The summed E-state index contributed by atoms with van der Waals surface area (Å²) < 4.78 is 0.427. The molecule has 1 unspecified atom stereocenters. The molecule has 1 saturated heterocycles. The fourth-order valence-corrected chi connectivity index (χ4v) is 2.50. The monoisotopic (exact) mass is 344 g/mol. The molecule has 1 amide bonds. The molecule has 0 saturated carbocycles. The molecule has 0 aromatic heterocycles. The zero-order valence-electron chi connectivity index (χ0n) is 9.81. The minimum Gasteiger partial charge on any atom is -0.306 e. The third-order valence-corrected chi connectivity index (χ3v) is 4.19. The van der Waals surface area contributed by atoms with Gasteiger partial charge in [0.1, 0.15) is 5.69 Å². The minimum atomic E-state index is -0.523. The van der Waals surface area contributed by atoms with E-state index in [0.717, 1.165) is 0 Å². The van der Waals surface area contributed by atoms with Crippen LogP contribution in [0, 0.1) is 16.0 Å². The summed E-state index contributed by atoms with van der Waals surface area (Å²) in [4.78, 5) is 23.9. The van der Waals surface area contributed by atoms with Crippen molar-refractivity contribution >= 4 is 44.8 Å². The second kappa shape index (κ2) is 5.30.